The predicted octanol–water partition coefficient (Wildman–Crippen LogP) is 2.74. The van der Waals surface area contributed by atoms with Crippen LogP contribution < -0.4 is 16.4 Å². The molecular weight excluding hydrogens is 350 g/mol. The quantitative estimate of drug-likeness (QED) is 0.695. The number of hydrogen-bond donors (Lipinski definition) is 3. The summed E-state index contributed by atoms with van der Waals surface area (Å²) in [6.45, 7) is 3.63. The van der Waals surface area contributed by atoms with Crippen molar-refractivity contribution in [1.82, 2.24) is 5.32 Å². The van der Waals surface area contributed by atoms with Gasteiger partial charge in [0.2, 0.25) is 11.8 Å². The fourth-order valence-electron chi connectivity index (χ4n) is 2.39. The van der Waals surface area contributed by atoms with Crippen molar-refractivity contribution >= 4 is 29.9 Å². The van der Waals surface area contributed by atoms with Crippen LogP contribution >= 0.6 is 12.4 Å². The SMILES string of the molecule is CC(C)[C@H](N)C(=O)NCC(=O)Nc1ccccc1Cc1ccccc1.Cl. The van der Waals surface area contributed by atoms with Crippen LogP contribution in [0, 0.1) is 5.92 Å². The van der Waals surface area contributed by atoms with Crippen molar-refractivity contribution in [2.24, 2.45) is 11.7 Å². The molecule has 0 heterocycles. The summed E-state index contributed by atoms with van der Waals surface area (Å²) in [4.78, 5) is 24.0. The number of anilines is 1. The summed E-state index contributed by atoms with van der Waals surface area (Å²) in [6, 6.07) is 17.1. The number of nitrogens with one attached hydrogen (secondary N) is 2. The highest BCUT2D eigenvalue weighted by Gasteiger charge is 2.17. The maximum absolute atomic E-state index is 12.1. The molecule has 0 bridgehead atoms. The zero-order valence-electron chi connectivity index (χ0n) is 15.1. The second kappa shape index (κ2) is 10.6. The van der Waals surface area contributed by atoms with Gasteiger partial charge >= 0.3 is 0 Å². The number of para-hydroxylation sites is 1. The molecule has 2 rings (SSSR count). The maximum Gasteiger partial charge on any atom is 0.243 e. The molecule has 0 spiro atoms. The van der Waals surface area contributed by atoms with Crippen LogP contribution in [0.1, 0.15) is 25.0 Å². The highest BCUT2D eigenvalue weighted by molar-refractivity contribution is 5.95. The molecule has 0 aromatic heterocycles. The van der Waals surface area contributed by atoms with Crippen LogP contribution in [0.15, 0.2) is 54.6 Å². The van der Waals surface area contributed by atoms with E-state index in [0.29, 0.717) is 0 Å². The molecule has 2 aromatic carbocycles. The van der Waals surface area contributed by atoms with Gasteiger partial charge in [-0.2, -0.15) is 0 Å². The van der Waals surface area contributed by atoms with Crippen molar-refractivity contribution < 1.29 is 9.59 Å². The average molecular weight is 376 g/mol. The van der Waals surface area contributed by atoms with E-state index in [1.165, 1.54) is 5.56 Å². The smallest absolute Gasteiger partial charge is 0.243 e. The summed E-state index contributed by atoms with van der Waals surface area (Å²) in [5, 5.41) is 5.44. The Morgan fingerprint density at radius 2 is 1.62 bits per heavy atom. The van der Waals surface area contributed by atoms with E-state index >= 15 is 0 Å². The number of amides is 2. The molecule has 0 radical (unpaired) electrons. The van der Waals surface area contributed by atoms with E-state index < -0.39 is 6.04 Å². The van der Waals surface area contributed by atoms with E-state index in [1.807, 2.05) is 68.4 Å². The lowest BCUT2D eigenvalue weighted by Gasteiger charge is -2.16. The standard InChI is InChI=1S/C20H25N3O2.ClH/c1-14(2)19(21)20(25)22-13-18(24)23-17-11-7-6-10-16(17)12-15-8-4-3-5-9-15;/h3-11,14,19H,12-13,21H2,1-2H3,(H,22,25)(H,23,24);1H/t19-;/m0./s1. The Balaban J connectivity index is 0.00000338. The number of carbonyl (C=O) groups excluding carboxylic acids is 2. The van der Waals surface area contributed by atoms with E-state index in [1.54, 1.807) is 0 Å². The van der Waals surface area contributed by atoms with Crippen molar-refractivity contribution in [2.75, 3.05) is 11.9 Å². The van der Waals surface area contributed by atoms with E-state index in [4.69, 9.17) is 5.73 Å². The minimum atomic E-state index is -0.613. The molecule has 2 amide bonds. The molecule has 0 aliphatic rings. The lowest BCUT2D eigenvalue weighted by atomic mass is 10.0. The number of nitrogens with two attached hydrogens (primary N) is 1. The summed E-state index contributed by atoms with van der Waals surface area (Å²) in [5.74, 6) is -0.567. The Bertz CT molecular complexity index is 720. The third kappa shape index (κ3) is 6.50. The van der Waals surface area contributed by atoms with Crippen molar-refractivity contribution in [3.05, 3.63) is 65.7 Å². The highest BCUT2D eigenvalue weighted by atomic mass is 35.5. The summed E-state index contributed by atoms with van der Waals surface area (Å²) >= 11 is 0. The van der Waals surface area contributed by atoms with Gasteiger partial charge < -0.3 is 16.4 Å². The Morgan fingerprint density at radius 3 is 2.27 bits per heavy atom. The van der Waals surface area contributed by atoms with Crippen LogP contribution in [0.5, 0.6) is 0 Å². The maximum atomic E-state index is 12.1. The van der Waals surface area contributed by atoms with Gasteiger partial charge in [-0.1, -0.05) is 62.4 Å². The first kappa shape index (κ1) is 21.7. The van der Waals surface area contributed by atoms with Crippen LogP contribution in [0.3, 0.4) is 0 Å². The van der Waals surface area contributed by atoms with Gasteiger partial charge in [0.1, 0.15) is 0 Å². The fraction of sp³-hybridized carbons (Fsp3) is 0.300. The minimum Gasteiger partial charge on any atom is -0.346 e. The first-order valence-electron chi connectivity index (χ1n) is 8.42. The summed E-state index contributed by atoms with van der Waals surface area (Å²) in [5.41, 5.74) is 8.70. The van der Waals surface area contributed by atoms with Gasteiger partial charge in [0, 0.05) is 5.69 Å². The number of benzene rings is 2. The third-order valence-electron chi connectivity index (χ3n) is 3.97. The zero-order valence-corrected chi connectivity index (χ0v) is 15.9. The molecule has 1 atom stereocenters. The molecule has 26 heavy (non-hydrogen) atoms. The molecule has 0 saturated heterocycles. The topological polar surface area (TPSA) is 84.2 Å². The van der Waals surface area contributed by atoms with E-state index in [2.05, 4.69) is 10.6 Å². The van der Waals surface area contributed by atoms with E-state index in [-0.39, 0.29) is 36.7 Å². The van der Waals surface area contributed by atoms with Gasteiger partial charge in [-0.05, 0) is 29.5 Å². The molecule has 5 nitrogen and oxygen atoms in total. The molecule has 4 N–H and O–H groups in total. The highest BCUT2D eigenvalue weighted by Crippen LogP contribution is 2.19. The molecule has 0 unspecified atom stereocenters. The van der Waals surface area contributed by atoms with Gasteiger partial charge in [0.05, 0.1) is 12.6 Å². The Labute approximate surface area is 160 Å². The molecule has 6 heteroatoms. The van der Waals surface area contributed by atoms with Gasteiger partial charge in [0.15, 0.2) is 0 Å². The Kier molecular flexibility index (Phi) is 8.82. The zero-order chi connectivity index (χ0) is 18.2. The van der Waals surface area contributed by atoms with E-state index in [9.17, 15) is 9.59 Å². The Hall–Kier alpha value is -2.37. The van der Waals surface area contributed by atoms with Crippen molar-refractivity contribution in [2.45, 2.75) is 26.3 Å². The lowest BCUT2D eigenvalue weighted by Crippen LogP contribution is -2.46. The minimum absolute atomic E-state index is 0. The van der Waals surface area contributed by atoms with Crippen LogP contribution in [0.2, 0.25) is 0 Å². The van der Waals surface area contributed by atoms with Crippen LogP contribution in [-0.4, -0.2) is 24.4 Å². The van der Waals surface area contributed by atoms with Crippen molar-refractivity contribution in [3.8, 4) is 0 Å². The molecule has 0 aliphatic heterocycles. The molecule has 0 fully saturated rings. The number of carbonyl (C=O) groups is 2. The van der Waals surface area contributed by atoms with E-state index in [0.717, 1.165) is 17.7 Å². The number of rotatable bonds is 7. The second-order valence-corrected chi connectivity index (χ2v) is 6.36. The van der Waals surface area contributed by atoms with Crippen LogP contribution in [-0.2, 0) is 16.0 Å². The van der Waals surface area contributed by atoms with Gasteiger partial charge in [-0.15, -0.1) is 12.4 Å². The summed E-state index contributed by atoms with van der Waals surface area (Å²) in [6.07, 6.45) is 0.724. The molecule has 0 saturated carbocycles. The molecule has 0 aliphatic carbocycles. The summed E-state index contributed by atoms with van der Waals surface area (Å²) < 4.78 is 0. The van der Waals surface area contributed by atoms with Gasteiger partial charge in [-0.3, -0.25) is 9.59 Å². The second-order valence-electron chi connectivity index (χ2n) is 6.36. The molecular formula is C20H26ClN3O2. The first-order chi connectivity index (χ1) is 12.0. The number of halogens is 1. The predicted molar refractivity (Wildman–Crippen MR) is 107 cm³/mol. The number of hydrogen-bond acceptors (Lipinski definition) is 3. The normalized spacial score (nSPS) is 11.4. The van der Waals surface area contributed by atoms with Gasteiger partial charge in [0.25, 0.3) is 0 Å². The fourth-order valence-corrected chi connectivity index (χ4v) is 2.39. The van der Waals surface area contributed by atoms with Crippen LogP contribution in [0.4, 0.5) is 5.69 Å². The molecule has 2 aromatic rings. The lowest BCUT2D eigenvalue weighted by molar-refractivity contribution is -0.125. The molecule has 140 valence electrons. The third-order valence-corrected chi connectivity index (χ3v) is 3.97. The Morgan fingerprint density at radius 1 is 1.00 bits per heavy atom. The summed E-state index contributed by atoms with van der Waals surface area (Å²) in [7, 11) is 0. The monoisotopic (exact) mass is 375 g/mol. The first-order valence-corrected chi connectivity index (χ1v) is 8.42. The van der Waals surface area contributed by atoms with Crippen molar-refractivity contribution in [1.29, 1.82) is 0 Å². The largest absolute Gasteiger partial charge is 0.346 e. The van der Waals surface area contributed by atoms with Crippen molar-refractivity contribution in [3.63, 3.8) is 0 Å². The average Bonchev–Trinajstić information content (AvgIpc) is 2.61. The van der Waals surface area contributed by atoms with Crippen LogP contribution in [0.25, 0.3) is 0 Å². The van der Waals surface area contributed by atoms with Gasteiger partial charge in [-0.25, -0.2) is 0 Å².